The molecule has 0 saturated carbocycles. The first-order chi connectivity index (χ1) is 19.5. The zero-order valence-corrected chi connectivity index (χ0v) is 23.5. The molecule has 0 atom stereocenters. The number of aryl methyl sites for hydroxylation is 3. The number of pyridine rings is 1. The van der Waals surface area contributed by atoms with Gasteiger partial charge in [-0.15, -0.1) is 0 Å². The quantitative estimate of drug-likeness (QED) is 0.105. The van der Waals surface area contributed by atoms with Crippen LogP contribution in [0, 0.1) is 37.8 Å². The number of ether oxygens (including phenoxy) is 1. The van der Waals surface area contributed by atoms with Gasteiger partial charge in [-0.3, -0.25) is 29.9 Å². The summed E-state index contributed by atoms with van der Waals surface area (Å²) in [5.74, 6) is -0.300. The summed E-state index contributed by atoms with van der Waals surface area (Å²) >= 11 is 5.36. The number of hydrogen-bond acceptors (Lipinski definition) is 7. The Bertz CT molecular complexity index is 1760. The van der Waals surface area contributed by atoms with E-state index in [2.05, 4.69) is 10.3 Å². The molecule has 1 aliphatic heterocycles. The summed E-state index contributed by atoms with van der Waals surface area (Å²) in [5, 5.41) is 13.5. The number of nitrogens with zero attached hydrogens (tertiary/aromatic N) is 4. The standard InChI is InChI=1S/C30H25N5O5S/c1-17-5-11-26(18(2)13-17)34-29(37)25(28(36)32-30(34)41)15-21-14-19(3)33(20(21)4)22-6-9-24(10-7-22)40-27-12-8-23(16-31-27)35(38)39/h5-16H,1-4H3,(H,32,36,41)/b25-15+. The molecule has 206 valence electrons. The monoisotopic (exact) mass is 567 g/mol. The molecular formula is C30H25N5O5S. The molecule has 3 heterocycles. The molecule has 4 aromatic rings. The second kappa shape index (κ2) is 10.8. The number of carbonyl (C=O) groups excluding carboxylic acids is 2. The normalized spacial score (nSPS) is 14.4. The Labute approximate surface area is 241 Å². The first-order valence-corrected chi connectivity index (χ1v) is 13.0. The van der Waals surface area contributed by atoms with Crippen molar-refractivity contribution in [2.24, 2.45) is 0 Å². The van der Waals surface area contributed by atoms with Crippen molar-refractivity contribution in [3.63, 3.8) is 0 Å². The molecule has 0 aliphatic carbocycles. The number of benzene rings is 2. The minimum Gasteiger partial charge on any atom is -0.439 e. The number of thiocarbonyl (C=S) groups is 1. The number of amides is 2. The van der Waals surface area contributed by atoms with E-state index >= 15 is 0 Å². The number of nitro groups is 1. The van der Waals surface area contributed by atoms with Gasteiger partial charge in [0.2, 0.25) is 5.88 Å². The number of hydrogen-bond donors (Lipinski definition) is 1. The van der Waals surface area contributed by atoms with E-state index in [-0.39, 0.29) is 22.3 Å². The SMILES string of the molecule is Cc1ccc(N2C(=O)/C(=C/c3cc(C)n(-c4ccc(Oc5ccc([N+](=O)[O-])cn5)cc4)c3C)C(=O)NC2=S)c(C)c1. The Morgan fingerprint density at radius 2 is 1.73 bits per heavy atom. The summed E-state index contributed by atoms with van der Waals surface area (Å²) in [6.45, 7) is 7.69. The van der Waals surface area contributed by atoms with Gasteiger partial charge in [-0.1, -0.05) is 17.7 Å². The largest absolute Gasteiger partial charge is 0.439 e. The van der Waals surface area contributed by atoms with Crippen LogP contribution in [0.25, 0.3) is 11.8 Å². The van der Waals surface area contributed by atoms with E-state index in [1.807, 2.05) is 68.7 Å². The topological polar surface area (TPSA) is 120 Å². The maximum Gasteiger partial charge on any atom is 0.287 e. The molecule has 1 aliphatic rings. The minimum absolute atomic E-state index is 0.0156. The fourth-order valence-corrected chi connectivity index (χ4v) is 5.02. The Morgan fingerprint density at radius 3 is 2.37 bits per heavy atom. The highest BCUT2D eigenvalue weighted by Gasteiger charge is 2.35. The molecule has 2 aromatic heterocycles. The maximum absolute atomic E-state index is 13.6. The highest BCUT2D eigenvalue weighted by Crippen LogP contribution is 2.29. The summed E-state index contributed by atoms with van der Waals surface area (Å²) in [4.78, 5) is 42.1. The summed E-state index contributed by atoms with van der Waals surface area (Å²) < 4.78 is 7.71. The molecule has 2 amide bonds. The van der Waals surface area contributed by atoms with Crippen LogP contribution in [0.1, 0.15) is 28.1 Å². The van der Waals surface area contributed by atoms with Gasteiger partial charge >= 0.3 is 0 Å². The number of anilines is 1. The number of carbonyl (C=O) groups is 2. The Kier molecular flexibility index (Phi) is 7.21. The van der Waals surface area contributed by atoms with E-state index in [0.717, 1.165) is 34.4 Å². The third kappa shape index (κ3) is 5.35. The van der Waals surface area contributed by atoms with E-state index < -0.39 is 16.7 Å². The van der Waals surface area contributed by atoms with Crippen LogP contribution in [0.5, 0.6) is 11.6 Å². The van der Waals surface area contributed by atoms with Crippen molar-refractivity contribution in [1.82, 2.24) is 14.9 Å². The van der Waals surface area contributed by atoms with Crippen molar-refractivity contribution in [3.8, 4) is 17.3 Å². The van der Waals surface area contributed by atoms with Gasteiger partial charge in [0.1, 0.15) is 17.5 Å². The lowest BCUT2D eigenvalue weighted by atomic mass is 10.0. The van der Waals surface area contributed by atoms with Crippen LogP contribution in [0.3, 0.4) is 0 Å². The van der Waals surface area contributed by atoms with Gasteiger partial charge in [0.05, 0.1) is 10.6 Å². The number of nitrogens with one attached hydrogen (secondary N) is 1. The van der Waals surface area contributed by atoms with Crippen LogP contribution in [0.4, 0.5) is 11.4 Å². The molecule has 5 rings (SSSR count). The van der Waals surface area contributed by atoms with Crippen molar-refractivity contribution >= 4 is 46.6 Å². The predicted molar refractivity (Wildman–Crippen MR) is 158 cm³/mol. The van der Waals surface area contributed by atoms with Gasteiger partial charge in [-0.2, -0.15) is 0 Å². The van der Waals surface area contributed by atoms with Gasteiger partial charge in [-0.05, 0) is 93.5 Å². The van der Waals surface area contributed by atoms with Crippen LogP contribution >= 0.6 is 12.2 Å². The van der Waals surface area contributed by atoms with Crippen LogP contribution in [-0.4, -0.2) is 31.4 Å². The summed E-state index contributed by atoms with van der Waals surface area (Å²) in [6.07, 6.45) is 2.73. The fourth-order valence-electron chi connectivity index (χ4n) is 4.74. The first kappa shape index (κ1) is 27.4. The first-order valence-electron chi connectivity index (χ1n) is 12.6. The average molecular weight is 568 g/mol. The molecule has 10 nitrogen and oxygen atoms in total. The van der Waals surface area contributed by atoms with Crippen LogP contribution in [0.15, 0.2) is 72.4 Å². The van der Waals surface area contributed by atoms with Gasteiger partial charge < -0.3 is 9.30 Å². The maximum atomic E-state index is 13.6. The van der Waals surface area contributed by atoms with Gasteiger partial charge in [0.25, 0.3) is 17.5 Å². The fraction of sp³-hybridized carbons (Fsp3) is 0.133. The van der Waals surface area contributed by atoms with Crippen molar-refractivity contribution in [2.45, 2.75) is 27.7 Å². The predicted octanol–water partition coefficient (Wildman–Crippen LogP) is 5.64. The Morgan fingerprint density at radius 1 is 1.00 bits per heavy atom. The Balaban J connectivity index is 1.42. The molecule has 0 radical (unpaired) electrons. The van der Waals surface area contributed by atoms with E-state index in [0.29, 0.717) is 17.0 Å². The van der Waals surface area contributed by atoms with Crippen molar-refractivity contribution in [1.29, 1.82) is 0 Å². The lowest BCUT2D eigenvalue weighted by Crippen LogP contribution is -2.54. The molecule has 0 bridgehead atoms. The second-order valence-electron chi connectivity index (χ2n) is 9.62. The van der Waals surface area contributed by atoms with Crippen molar-refractivity contribution in [3.05, 3.63) is 111 Å². The van der Waals surface area contributed by atoms with Crippen LogP contribution in [0.2, 0.25) is 0 Å². The van der Waals surface area contributed by atoms with Crippen molar-refractivity contribution < 1.29 is 19.2 Å². The zero-order chi connectivity index (χ0) is 29.4. The lowest BCUT2D eigenvalue weighted by Gasteiger charge is -2.30. The summed E-state index contributed by atoms with van der Waals surface area (Å²) in [5.41, 5.74) is 5.67. The van der Waals surface area contributed by atoms with Gasteiger partial charge in [-0.25, -0.2) is 4.98 Å². The minimum atomic E-state index is -0.549. The molecular weight excluding hydrogens is 542 g/mol. The molecule has 1 N–H and O–H groups in total. The summed E-state index contributed by atoms with van der Waals surface area (Å²) in [7, 11) is 0. The molecule has 41 heavy (non-hydrogen) atoms. The molecule has 0 unspecified atom stereocenters. The Hall–Kier alpha value is -5.16. The third-order valence-electron chi connectivity index (χ3n) is 6.71. The average Bonchev–Trinajstić information content (AvgIpc) is 3.20. The number of aromatic nitrogens is 2. The molecule has 11 heteroatoms. The highest BCUT2D eigenvalue weighted by molar-refractivity contribution is 7.80. The lowest BCUT2D eigenvalue weighted by molar-refractivity contribution is -0.385. The second-order valence-corrected chi connectivity index (χ2v) is 10.0. The zero-order valence-electron chi connectivity index (χ0n) is 22.7. The molecule has 0 spiro atoms. The molecule has 1 fully saturated rings. The van der Waals surface area contributed by atoms with Gasteiger partial charge in [0, 0.05) is 29.2 Å². The highest BCUT2D eigenvalue weighted by atomic mass is 32.1. The molecule has 1 saturated heterocycles. The number of rotatable bonds is 6. The van der Waals surface area contributed by atoms with Crippen LogP contribution < -0.4 is 15.0 Å². The van der Waals surface area contributed by atoms with E-state index in [9.17, 15) is 19.7 Å². The molecule has 2 aromatic carbocycles. The third-order valence-corrected chi connectivity index (χ3v) is 7.00. The van der Waals surface area contributed by atoms with E-state index in [1.165, 1.54) is 17.0 Å². The van der Waals surface area contributed by atoms with E-state index in [4.69, 9.17) is 17.0 Å². The van der Waals surface area contributed by atoms with Crippen LogP contribution in [-0.2, 0) is 9.59 Å². The summed E-state index contributed by atoms with van der Waals surface area (Å²) in [6, 6.07) is 17.6. The smallest absolute Gasteiger partial charge is 0.287 e. The van der Waals surface area contributed by atoms with Gasteiger partial charge in [0.15, 0.2) is 5.11 Å². The van der Waals surface area contributed by atoms with E-state index in [1.54, 1.807) is 18.2 Å². The van der Waals surface area contributed by atoms with Crippen molar-refractivity contribution in [2.75, 3.05) is 4.90 Å².